The van der Waals surface area contributed by atoms with Gasteiger partial charge in [0.05, 0.1) is 0 Å². The standard InChI is InChI=1S/C16H21N3O.HI/c1-2-17-16(19-9-5-6-10-19)18-12-14-11-13-7-3-4-8-15(13)20-14;/h3-4,7-8,11H,2,5-6,9-10,12H2,1H3,(H,17,18);1H. The van der Waals surface area contributed by atoms with Gasteiger partial charge < -0.3 is 14.6 Å². The van der Waals surface area contributed by atoms with E-state index in [-0.39, 0.29) is 24.0 Å². The highest BCUT2D eigenvalue weighted by Gasteiger charge is 2.15. The fourth-order valence-electron chi connectivity index (χ4n) is 2.62. The summed E-state index contributed by atoms with van der Waals surface area (Å²) in [6.45, 7) is 5.80. The van der Waals surface area contributed by atoms with Gasteiger partial charge >= 0.3 is 0 Å². The normalized spacial score (nSPS) is 15.3. The van der Waals surface area contributed by atoms with E-state index in [2.05, 4.69) is 29.3 Å². The van der Waals surface area contributed by atoms with E-state index < -0.39 is 0 Å². The molecule has 114 valence electrons. The Morgan fingerprint density at radius 1 is 1.29 bits per heavy atom. The highest BCUT2D eigenvalue weighted by Crippen LogP contribution is 2.19. The highest BCUT2D eigenvalue weighted by molar-refractivity contribution is 14.0. The summed E-state index contributed by atoms with van der Waals surface area (Å²) in [5, 5.41) is 4.51. The Labute approximate surface area is 142 Å². The van der Waals surface area contributed by atoms with Gasteiger partial charge in [0.1, 0.15) is 17.9 Å². The molecule has 4 nitrogen and oxygen atoms in total. The SMILES string of the molecule is CCNC(=NCc1cc2ccccc2o1)N1CCCC1.I. The lowest BCUT2D eigenvalue weighted by atomic mass is 10.2. The molecule has 0 radical (unpaired) electrons. The van der Waals surface area contributed by atoms with Crippen LogP contribution in [0, 0.1) is 0 Å². The third-order valence-electron chi connectivity index (χ3n) is 3.60. The van der Waals surface area contributed by atoms with E-state index in [0.717, 1.165) is 42.3 Å². The number of para-hydroxylation sites is 1. The molecular formula is C16H22IN3O. The molecule has 1 saturated heterocycles. The second-order valence-corrected chi connectivity index (χ2v) is 5.11. The molecule has 0 atom stereocenters. The third kappa shape index (κ3) is 3.90. The van der Waals surface area contributed by atoms with Crippen LogP contribution in [-0.4, -0.2) is 30.5 Å². The average molecular weight is 399 g/mol. The summed E-state index contributed by atoms with van der Waals surface area (Å²) in [4.78, 5) is 7.02. The molecule has 0 amide bonds. The van der Waals surface area contributed by atoms with Crippen molar-refractivity contribution >= 4 is 40.9 Å². The van der Waals surface area contributed by atoms with Crippen molar-refractivity contribution < 1.29 is 4.42 Å². The number of fused-ring (bicyclic) bond motifs is 1. The molecule has 0 spiro atoms. The quantitative estimate of drug-likeness (QED) is 0.487. The summed E-state index contributed by atoms with van der Waals surface area (Å²) in [6.07, 6.45) is 2.52. The van der Waals surface area contributed by atoms with Gasteiger partial charge in [0.15, 0.2) is 5.96 Å². The molecule has 5 heteroatoms. The van der Waals surface area contributed by atoms with Crippen molar-refractivity contribution in [2.24, 2.45) is 4.99 Å². The summed E-state index contributed by atoms with van der Waals surface area (Å²) in [5.41, 5.74) is 0.934. The van der Waals surface area contributed by atoms with Crippen LogP contribution in [0.25, 0.3) is 11.0 Å². The van der Waals surface area contributed by atoms with Crippen molar-refractivity contribution in [2.45, 2.75) is 26.3 Å². The van der Waals surface area contributed by atoms with Gasteiger partial charge in [0.2, 0.25) is 0 Å². The van der Waals surface area contributed by atoms with Gasteiger partial charge in [-0.15, -0.1) is 24.0 Å². The zero-order chi connectivity index (χ0) is 13.8. The first-order valence-electron chi connectivity index (χ1n) is 7.37. The molecule has 0 saturated carbocycles. The Morgan fingerprint density at radius 3 is 2.76 bits per heavy atom. The Bertz CT molecular complexity index is 569. The largest absolute Gasteiger partial charge is 0.459 e. The summed E-state index contributed by atoms with van der Waals surface area (Å²) in [7, 11) is 0. The monoisotopic (exact) mass is 399 g/mol. The number of hydrogen-bond donors (Lipinski definition) is 1. The minimum atomic E-state index is 0. The Hall–Kier alpha value is -1.24. The van der Waals surface area contributed by atoms with Gasteiger partial charge in [-0.3, -0.25) is 0 Å². The van der Waals surface area contributed by atoms with Crippen LogP contribution in [-0.2, 0) is 6.54 Å². The number of halogens is 1. The van der Waals surface area contributed by atoms with Gasteiger partial charge in [-0.05, 0) is 31.9 Å². The molecule has 1 N–H and O–H groups in total. The van der Waals surface area contributed by atoms with Crippen LogP contribution in [0.5, 0.6) is 0 Å². The first-order valence-corrected chi connectivity index (χ1v) is 7.37. The van der Waals surface area contributed by atoms with Crippen molar-refractivity contribution in [1.29, 1.82) is 0 Å². The first kappa shape index (κ1) is 16.1. The van der Waals surface area contributed by atoms with Crippen molar-refractivity contribution in [3.63, 3.8) is 0 Å². The van der Waals surface area contributed by atoms with Crippen LogP contribution < -0.4 is 5.32 Å². The van der Waals surface area contributed by atoms with Gasteiger partial charge in [-0.2, -0.15) is 0 Å². The van der Waals surface area contributed by atoms with E-state index in [4.69, 9.17) is 9.41 Å². The maximum absolute atomic E-state index is 5.81. The Morgan fingerprint density at radius 2 is 2.05 bits per heavy atom. The molecule has 2 aromatic rings. The predicted octanol–water partition coefficient (Wildman–Crippen LogP) is 3.61. The fourth-order valence-corrected chi connectivity index (χ4v) is 2.62. The van der Waals surface area contributed by atoms with Crippen molar-refractivity contribution in [3.8, 4) is 0 Å². The maximum Gasteiger partial charge on any atom is 0.194 e. The van der Waals surface area contributed by atoms with Crippen LogP contribution in [0.4, 0.5) is 0 Å². The molecule has 0 aliphatic carbocycles. The molecule has 1 aromatic heterocycles. The lowest BCUT2D eigenvalue weighted by Crippen LogP contribution is -2.39. The molecule has 1 aliphatic rings. The van der Waals surface area contributed by atoms with E-state index in [1.165, 1.54) is 12.8 Å². The summed E-state index contributed by atoms with van der Waals surface area (Å²) < 4.78 is 5.81. The van der Waals surface area contributed by atoms with E-state index in [9.17, 15) is 0 Å². The Balaban J connectivity index is 0.00000161. The van der Waals surface area contributed by atoms with Crippen LogP contribution in [0.3, 0.4) is 0 Å². The number of benzene rings is 1. The minimum absolute atomic E-state index is 0. The van der Waals surface area contributed by atoms with Gasteiger partial charge in [-0.25, -0.2) is 4.99 Å². The third-order valence-corrected chi connectivity index (χ3v) is 3.60. The molecule has 0 bridgehead atoms. The molecule has 1 fully saturated rings. The summed E-state index contributed by atoms with van der Waals surface area (Å²) in [6, 6.07) is 10.2. The van der Waals surface area contributed by atoms with E-state index >= 15 is 0 Å². The number of aliphatic imine (C=N–C) groups is 1. The number of hydrogen-bond acceptors (Lipinski definition) is 2. The highest BCUT2D eigenvalue weighted by atomic mass is 127. The van der Waals surface area contributed by atoms with E-state index in [1.54, 1.807) is 0 Å². The zero-order valence-electron chi connectivity index (χ0n) is 12.3. The van der Waals surface area contributed by atoms with E-state index in [1.807, 2.05) is 18.2 Å². The zero-order valence-corrected chi connectivity index (χ0v) is 14.7. The second-order valence-electron chi connectivity index (χ2n) is 5.11. The fraction of sp³-hybridized carbons (Fsp3) is 0.438. The number of guanidine groups is 1. The summed E-state index contributed by atoms with van der Waals surface area (Å²) >= 11 is 0. The molecule has 21 heavy (non-hydrogen) atoms. The molecule has 1 aliphatic heterocycles. The summed E-state index contributed by atoms with van der Waals surface area (Å²) in [5.74, 6) is 1.92. The molecular weight excluding hydrogens is 377 g/mol. The second kappa shape index (κ2) is 7.68. The van der Waals surface area contributed by atoms with Crippen LogP contribution >= 0.6 is 24.0 Å². The van der Waals surface area contributed by atoms with Crippen molar-refractivity contribution in [2.75, 3.05) is 19.6 Å². The minimum Gasteiger partial charge on any atom is -0.459 e. The number of nitrogens with one attached hydrogen (secondary N) is 1. The van der Waals surface area contributed by atoms with Crippen molar-refractivity contribution in [3.05, 3.63) is 36.1 Å². The Kier molecular flexibility index (Phi) is 5.90. The first-order chi connectivity index (χ1) is 9.86. The lowest BCUT2D eigenvalue weighted by molar-refractivity contribution is 0.488. The number of rotatable bonds is 3. The molecule has 2 heterocycles. The molecule has 0 unspecified atom stereocenters. The number of likely N-dealkylation sites (tertiary alicyclic amines) is 1. The van der Waals surface area contributed by atoms with Crippen LogP contribution in [0.1, 0.15) is 25.5 Å². The smallest absolute Gasteiger partial charge is 0.194 e. The lowest BCUT2D eigenvalue weighted by Gasteiger charge is -2.20. The number of nitrogens with zero attached hydrogens (tertiary/aromatic N) is 2. The number of furan rings is 1. The topological polar surface area (TPSA) is 40.8 Å². The molecule has 3 rings (SSSR count). The van der Waals surface area contributed by atoms with E-state index in [0.29, 0.717) is 6.54 Å². The van der Waals surface area contributed by atoms with Crippen LogP contribution in [0.2, 0.25) is 0 Å². The average Bonchev–Trinajstić information content (AvgIpc) is 3.12. The van der Waals surface area contributed by atoms with Gasteiger partial charge in [0, 0.05) is 25.0 Å². The van der Waals surface area contributed by atoms with Gasteiger partial charge in [-0.1, -0.05) is 18.2 Å². The maximum atomic E-state index is 5.81. The van der Waals surface area contributed by atoms with Gasteiger partial charge in [0.25, 0.3) is 0 Å². The van der Waals surface area contributed by atoms with Crippen molar-refractivity contribution in [1.82, 2.24) is 10.2 Å². The predicted molar refractivity (Wildman–Crippen MR) is 97.3 cm³/mol. The van der Waals surface area contributed by atoms with Crippen LogP contribution in [0.15, 0.2) is 39.7 Å². The molecule has 1 aromatic carbocycles.